The van der Waals surface area contributed by atoms with Crippen molar-refractivity contribution in [3.63, 3.8) is 0 Å². The van der Waals surface area contributed by atoms with Crippen molar-refractivity contribution in [3.05, 3.63) is 65.9 Å². The molecule has 0 saturated carbocycles. The molecule has 0 aromatic heterocycles. The molecule has 1 aliphatic rings. The molecule has 158 valence electrons. The number of aryl methyl sites for hydroxylation is 1. The van der Waals surface area contributed by atoms with Gasteiger partial charge in [0, 0.05) is 30.6 Å². The first-order valence-electron chi connectivity index (χ1n) is 9.87. The van der Waals surface area contributed by atoms with Crippen LogP contribution in [0.15, 0.2) is 54.7 Å². The van der Waals surface area contributed by atoms with E-state index in [0.29, 0.717) is 6.54 Å². The zero-order chi connectivity index (χ0) is 21.6. The summed E-state index contributed by atoms with van der Waals surface area (Å²) in [6.07, 6.45) is 0.851. The standard InChI is InChI=1S/C15H13NO2.C6H14N2S.C2H6/c1-11-6-7-15-13(8-11)16(10-17)9-12-4-2-3-5-14(12)18-15;1-4-9-8-5-6(2)7-3;1-2/h2-8,10H,9H2,1H3;7-8H,2,4-5H2,1,3H3;1-2H3. The molecule has 1 heterocycles. The van der Waals surface area contributed by atoms with Gasteiger partial charge in [-0.25, -0.2) is 0 Å². The number of rotatable bonds is 6. The highest BCUT2D eigenvalue weighted by molar-refractivity contribution is 7.97. The average molecular weight is 416 g/mol. The molecule has 0 saturated heterocycles. The van der Waals surface area contributed by atoms with Crippen molar-refractivity contribution in [2.45, 2.75) is 34.2 Å². The number of amides is 1. The smallest absolute Gasteiger partial charge is 0.214 e. The summed E-state index contributed by atoms with van der Waals surface area (Å²) in [4.78, 5) is 12.9. The van der Waals surface area contributed by atoms with Gasteiger partial charge in [-0.3, -0.25) is 9.52 Å². The molecule has 2 N–H and O–H groups in total. The summed E-state index contributed by atoms with van der Waals surface area (Å²) in [5.74, 6) is 2.63. The van der Waals surface area contributed by atoms with E-state index in [-0.39, 0.29) is 0 Å². The Morgan fingerprint density at radius 1 is 1.24 bits per heavy atom. The first-order chi connectivity index (χ1) is 14.1. The van der Waals surface area contributed by atoms with E-state index < -0.39 is 0 Å². The number of fused-ring (bicyclic) bond motifs is 2. The van der Waals surface area contributed by atoms with Gasteiger partial charge in [0.15, 0.2) is 5.75 Å². The topological polar surface area (TPSA) is 53.6 Å². The molecule has 2 aromatic rings. The Hall–Kier alpha value is -2.44. The van der Waals surface area contributed by atoms with Gasteiger partial charge in [-0.05, 0) is 30.7 Å². The summed E-state index contributed by atoms with van der Waals surface area (Å²) >= 11 is 1.70. The Balaban J connectivity index is 0.000000327. The maximum Gasteiger partial charge on any atom is 0.214 e. The monoisotopic (exact) mass is 415 g/mol. The van der Waals surface area contributed by atoms with Crippen LogP contribution in [0.5, 0.6) is 11.5 Å². The summed E-state index contributed by atoms with van der Waals surface area (Å²) < 4.78 is 9.03. The second kappa shape index (κ2) is 13.7. The van der Waals surface area contributed by atoms with E-state index in [0.717, 1.165) is 52.7 Å². The van der Waals surface area contributed by atoms with Gasteiger partial charge in [0.05, 0.1) is 12.2 Å². The first kappa shape index (κ1) is 24.6. The van der Waals surface area contributed by atoms with Crippen molar-refractivity contribution in [3.8, 4) is 11.5 Å². The molecular formula is C23H33N3O2S. The normalized spacial score (nSPS) is 11.1. The number of hydrogen-bond acceptors (Lipinski definition) is 5. The third kappa shape index (κ3) is 7.83. The molecule has 0 fully saturated rings. The molecule has 0 aliphatic carbocycles. The number of carbonyl (C=O) groups excluding carboxylic acids is 1. The van der Waals surface area contributed by atoms with Crippen LogP contribution < -0.4 is 19.7 Å². The Kier molecular flexibility index (Phi) is 11.6. The largest absolute Gasteiger partial charge is 0.455 e. The maximum atomic E-state index is 11.3. The van der Waals surface area contributed by atoms with Crippen LogP contribution in [0.3, 0.4) is 0 Å². The number of likely N-dealkylation sites (N-methyl/N-ethyl adjacent to an activating group) is 1. The quantitative estimate of drug-likeness (QED) is 0.382. The number of ether oxygens (including phenoxy) is 1. The minimum Gasteiger partial charge on any atom is -0.455 e. The van der Waals surface area contributed by atoms with E-state index in [1.165, 1.54) is 0 Å². The molecule has 0 spiro atoms. The lowest BCUT2D eigenvalue weighted by atomic mass is 10.2. The number of hydrogen-bond donors (Lipinski definition) is 2. The van der Waals surface area contributed by atoms with Crippen molar-refractivity contribution in [2.75, 3.05) is 24.2 Å². The fourth-order valence-corrected chi connectivity index (χ4v) is 2.96. The lowest BCUT2D eigenvalue weighted by Crippen LogP contribution is -2.19. The van der Waals surface area contributed by atoms with E-state index >= 15 is 0 Å². The summed E-state index contributed by atoms with van der Waals surface area (Å²) in [6.45, 7) is 13.3. The zero-order valence-electron chi connectivity index (χ0n) is 18.1. The number of nitrogens with one attached hydrogen (secondary N) is 2. The average Bonchev–Trinajstić information content (AvgIpc) is 2.91. The van der Waals surface area contributed by atoms with E-state index in [1.807, 2.05) is 70.3 Å². The van der Waals surface area contributed by atoms with Crippen molar-refractivity contribution in [2.24, 2.45) is 0 Å². The lowest BCUT2D eigenvalue weighted by Gasteiger charge is -2.16. The summed E-state index contributed by atoms with van der Waals surface area (Å²) in [6, 6.07) is 13.6. The lowest BCUT2D eigenvalue weighted by molar-refractivity contribution is -0.107. The summed E-state index contributed by atoms with van der Waals surface area (Å²) in [5.41, 5.74) is 3.96. The third-order valence-corrected chi connectivity index (χ3v) is 4.61. The van der Waals surface area contributed by atoms with Crippen LogP contribution in [0, 0.1) is 6.92 Å². The Morgan fingerprint density at radius 2 is 1.97 bits per heavy atom. The van der Waals surface area contributed by atoms with Crippen LogP contribution in [-0.2, 0) is 11.3 Å². The van der Waals surface area contributed by atoms with Gasteiger partial charge in [0.1, 0.15) is 5.75 Å². The van der Waals surface area contributed by atoms with Crippen molar-refractivity contribution < 1.29 is 9.53 Å². The molecule has 0 atom stereocenters. The predicted octanol–water partition coefficient (Wildman–Crippen LogP) is 5.27. The molecule has 3 rings (SSSR count). The Bertz CT molecular complexity index is 780. The van der Waals surface area contributed by atoms with Crippen LogP contribution >= 0.6 is 11.9 Å². The molecule has 1 aliphatic heterocycles. The number of anilines is 1. The molecular weight excluding hydrogens is 382 g/mol. The summed E-state index contributed by atoms with van der Waals surface area (Å²) in [5, 5.41) is 2.95. The Labute approximate surface area is 179 Å². The van der Waals surface area contributed by atoms with E-state index in [9.17, 15) is 4.79 Å². The minimum absolute atomic E-state index is 0.538. The van der Waals surface area contributed by atoms with E-state index in [2.05, 4.69) is 23.5 Å². The molecule has 1 amide bonds. The fourth-order valence-electron chi connectivity index (χ4n) is 2.48. The van der Waals surface area contributed by atoms with Crippen molar-refractivity contribution in [1.29, 1.82) is 0 Å². The molecule has 0 radical (unpaired) electrons. The highest BCUT2D eigenvalue weighted by atomic mass is 32.2. The van der Waals surface area contributed by atoms with Crippen LogP contribution in [0.1, 0.15) is 31.9 Å². The number of para-hydroxylation sites is 1. The maximum absolute atomic E-state index is 11.3. The predicted molar refractivity (Wildman–Crippen MR) is 126 cm³/mol. The molecule has 5 nitrogen and oxygen atoms in total. The highest BCUT2D eigenvalue weighted by Crippen LogP contribution is 2.38. The molecule has 0 bridgehead atoms. The van der Waals surface area contributed by atoms with Crippen LogP contribution in [0.2, 0.25) is 0 Å². The highest BCUT2D eigenvalue weighted by Gasteiger charge is 2.19. The molecule has 6 heteroatoms. The SMILES string of the molecule is C=C(CNSCC)NC.CC.Cc1ccc2c(c1)N(C=O)Cc1ccccc1O2. The van der Waals surface area contributed by atoms with E-state index in [1.54, 1.807) is 16.8 Å². The van der Waals surface area contributed by atoms with Gasteiger partial charge in [0.2, 0.25) is 6.41 Å². The second-order valence-electron chi connectivity index (χ2n) is 6.02. The van der Waals surface area contributed by atoms with Crippen molar-refractivity contribution in [1.82, 2.24) is 10.0 Å². The molecule has 0 unspecified atom stereocenters. The van der Waals surface area contributed by atoms with Gasteiger partial charge < -0.3 is 15.0 Å². The minimum atomic E-state index is 0.538. The number of nitrogens with zero attached hydrogens (tertiary/aromatic N) is 1. The van der Waals surface area contributed by atoms with Gasteiger partial charge >= 0.3 is 0 Å². The van der Waals surface area contributed by atoms with Gasteiger partial charge in [-0.2, -0.15) is 0 Å². The van der Waals surface area contributed by atoms with Gasteiger partial charge in [-0.1, -0.05) is 63.6 Å². The zero-order valence-corrected chi connectivity index (χ0v) is 18.9. The van der Waals surface area contributed by atoms with Crippen molar-refractivity contribution >= 4 is 24.0 Å². The van der Waals surface area contributed by atoms with Crippen LogP contribution in [0.25, 0.3) is 0 Å². The number of benzene rings is 2. The fraction of sp³-hybridized carbons (Fsp3) is 0.348. The second-order valence-corrected chi connectivity index (χ2v) is 7.18. The summed E-state index contributed by atoms with van der Waals surface area (Å²) in [7, 11) is 1.88. The van der Waals surface area contributed by atoms with Crippen LogP contribution in [-0.4, -0.2) is 25.8 Å². The van der Waals surface area contributed by atoms with Gasteiger partial charge in [-0.15, -0.1) is 0 Å². The molecule has 2 aromatic carbocycles. The van der Waals surface area contributed by atoms with Crippen LogP contribution in [0.4, 0.5) is 5.69 Å². The third-order valence-electron chi connectivity index (χ3n) is 3.97. The van der Waals surface area contributed by atoms with E-state index in [4.69, 9.17) is 4.74 Å². The first-order valence-corrected chi connectivity index (χ1v) is 10.9. The Morgan fingerprint density at radius 3 is 2.62 bits per heavy atom. The van der Waals surface area contributed by atoms with Gasteiger partial charge in [0.25, 0.3) is 0 Å². The number of carbonyl (C=O) groups is 1. The molecule has 29 heavy (non-hydrogen) atoms.